The Morgan fingerprint density at radius 1 is 1.29 bits per heavy atom. The molecule has 3 nitrogen and oxygen atoms in total. The zero-order valence-corrected chi connectivity index (χ0v) is 8.39. The minimum Gasteiger partial charge on any atom is -0.393 e. The summed E-state index contributed by atoms with van der Waals surface area (Å²) >= 11 is 0. The molecule has 0 radical (unpaired) electrons. The number of nitrogens with one attached hydrogen (secondary N) is 1. The lowest BCUT2D eigenvalue weighted by molar-refractivity contribution is 0.104. The van der Waals surface area contributed by atoms with Gasteiger partial charge < -0.3 is 10.5 Å². The average molecular weight is 194 g/mol. The van der Waals surface area contributed by atoms with E-state index in [1.165, 1.54) is 12.8 Å². The normalized spacial score (nSPS) is 27.5. The van der Waals surface area contributed by atoms with Crippen LogP contribution in [0.3, 0.4) is 0 Å². The van der Waals surface area contributed by atoms with Crippen molar-refractivity contribution < 1.29 is 5.11 Å². The average Bonchev–Trinajstić information content (AvgIpc) is 2.67. The van der Waals surface area contributed by atoms with Crippen LogP contribution in [-0.2, 0) is 0 Å². The summed E-state index contributed by atoms with van der Waals surface area (Å²) in [4.78, 5) is 0. The third-order valence-electron chi connectivity index (χ3n) is 2.92. The highest BCUT2D eigenvalue weighted by Crippen LogP contribution is 2.23. The van der Waals surface area contributed by atoms with Gasteiger partial charge in [0.2, 0.25) is 0 Å². The molecule has 1 aliphatic carbocycles. The van der Waals surface area contributed by atoms with Gasteiger partial charge in [-0.05, 0) is 37.3 Å². The van der Waals surface area contributed by atoms with Crippen LogP contribution in [0.4, 0.5) is 0 Å². The fourth-order valence-corrected chi connectivity index (χ4v) is 2.12. The second-order valence-corrected chi connectivity index (χ2v) is 4.14. The fraction of sp³-hybridized carbons (Fsp3) is 0.636. The van der Waals surface area contributed by atoms with Gasteiger partial charge in [-0.2, -0.15) is 0 Å². The predicted molar refractivity (Wildman–Crippen MR) is 56.6 cm³/mol. The van der Waals surface area contributed by atoms with E-state index in [0.29, 0.717) is 5.92 Å². The molecule has 1 aliphatic rings. The Balaban J connectivity index is 1.75. The molecule has 2 N–H and O–H groups in total. The Labute approximate surface area is 84.7 Å². The molecule has 1 aromatic rings. The third kappa shape index (κ3) is 2.51. The molecule has 0 amide bonds. The van der Waals surface area contributed by atoms with Gasteiger partial charge in [-0.15, -0.1) is 0 Å². The smallest absolute Gasteiger partial charge is 0.0543 e. The van der Waals surface area contributed by atoms with E-state index in [4.69, 9.17) is 0 Å². The molecule has 2 unspecified atom stereocenters. The minimum absolute atomic E-state index is 0.0692. The lowest BCUT2D eigenvalue weighted by atomic mass is 9.87. The van der Waals surface area contributed by atoms with Crippen molar-refractivity contribution >= 4 is 0 Å². The van der Waals surface area contributed by atoms with Crippen LogP contribution in [0.25, 0.3) is 0 Å². The Morgan fingerprint density at radius 2 is 2.07 bits per heavy atom. The molecule has 2 atom stereocenters. The Hall–Kier alpha value is -0.960. The van der Waals surface area contributed by atoms with Gasteiger partial charge >= 0.3 is 0 Å². The maximum atomic E-state index is 9.50. The van der Waals surface area contributed by atoms with Gasteiger partial charge in [-0.3, -0.25) is 4.68 Å². The molecule has 78 valence electrons. The lowest BCUT2D eigenvalue weighted by Gasteiger charge is -2.26. The first-order chi connectivity index (χ1) is 6.84. The topological polar surface area (TPSA) is 37.2 Å². The van der Waals surface area contributed by atoms with Gasteiger partial charge in [-0.25, -0.2) is 0 Å². The van der Waals surface area contributed by atoms with E-state index in [2.05, 4.69) is 5.43 Å². The number of aliphatic hydroxyl groups is 1. The summed E-state index contributed by atoms with van der Waals surface area (Å²) in [6.45, 7) is 0.964. The molecule has 1 heterocycles. The summed E-state index contributed by atoms with van der Waals surface area (Å²) in [6, 6.07) is 4.01. The number of aromatic nitrogens is 1. The summed E-state index contributed by atoms with van der Waals surface area (Å²) in [5.74, 6) is 0.626. The zero-order valence-electron chi connectivity index (χ0n) is 8.39. The predicted octanol–water partition coefficient (Wildman–Crippen LogP) is 1.58. The summed E-state index contributed by atoms with van der Waals surface area (Å²) in [7, 11) is 0. The van der Waals surface area contributed by atoms with Crippen LogP contribution in [0.2, 0.25) is 0 Å². The maximum absolute atomic E-state index is 9.50. The second kappa shape index (κ2) is 4.51. The first-order valence-corrected chi connectivity index (χ1v) is 5.39. The van der Waals surface area contributed by atoms with Gasteiger partial charge in [0, 0.05) is 18.9 Å². The van der Waals surface area contributed by atoms with Crippen LogP contribution >= 0.6 is 0 Å². The molecule has 14 heavy (non-hydrogen) atoms. The molecule has 1 fully saturated rings. The molecule has 0 bridgehead atoms. The van der Waals surface area contributed by atoms with Crippen LogP contribution in [0.1, 0.15) is 25.7 Å². The number of nitrogens with zero attached hydrogens (tertiary/aromatic N) is 1. The van der Waals surface area contributed by atoms with E-state index in [0.717, 1.165) is 19.4 Å². The van der Waals surface area contributed by atoms with Crippen molar-refractivity contribution in [1.82, 2.24) is 4.68 Å². The van der Waals surface area contributed by atoms with Crippen LogP contribution in [0, 0.1) is 5.92 Å². The van der Waals surface area contributed by atoms with E-state index in [9.17, 15) is 5.11 Å². The van der Waals surface area contributed by atoms with Gasteiger partial charge in [0.05, 0.1) is 6.10 Å². The molecule has 3 heteroatoms. The highest BCUT2D eigenvalue weighted by Gasteiger charge is 2.19. The van der Waals surface area contributed by atoms with Crippen molar-refractivity contribution in [2.45, 2.75) is 31.8 Å². The summed E-state index contributed by atoms with van der Waals surface area (Å²) in [5, 5.41) is 9.50. The number of aliphatic hydroxyl groups excluding tert-OH is 1. The first kappa shape index (κ1) is 9.59. The summed E-state index contributed by atoms with van der Waals surface area (Å²) in [6.07, 6.45) is 8.28. The van der Waals surface area contributed by atoms with Crippen LogP contribution in [-0.4, -0.2) is 22.4 Å². The van der Waals surface area contributed by atoms with Crippen LogP contribution < -0.4 is 5.43 Å². The third-order valence-corrected chi connectivity index (χ3v) is 2.92. The maximum Gasteiger partial charge on any atom is 0.0543 e. The molecular formula is C11H18N2O. The Morgan fingerprint density at radius 3 is 2.79 bits per heavy atom. The summed E-state index contributed by atoms with van der Waals surface area (Å²) < 4.78 is 1.97. The van der Waals surface area contributed by atoms with Gasteiger partial charge in [0.1, 0.15) is 0 Å². The largest absolute Gasteiger partial charge is 0.393 e. The molecule has 0 aliphatic heterocycles. The monoisotopic (exact) mass is 194 g/mol. The number of hydrogen-bond donors (Lipinski definition) is 2. The number of rotatable bonds is 3. The van der Waals surface area contributed by atoms with Gasteiger partial charge in [0.25, 0.3) is 0 Å². The molecule has 2 rings (SSSR count). The van der Waals surface area contributed by atoms with E-state index < -0.39 is 0 Å². The van der Waals surface area contributed by atoms with Crippen molar-refractivity contribution in [2.24, 2.45) is 5.92 Å². The van der Waals surface area contributed by atoms with E-state index in [-0.39, 0.29) is 6.10 Å². The van der Waals surface area contributed by atoms with Crippen molar-refractivity contribution in [1.29, 1.82) is 0 Å². The lowest BCUT2D eigenvalue weighted by Crippen LogP contribution is -2.28. The number of hydrogen-bond acceptors (Lipinski definition) is 2. The van der Waals surface area contributed by atoms with Crippen molar-refractivity contribution in [3.8, 4) is 0 Å². The molecule has 0 aromatic carbocycles. The van der Waals surface area contributed by atoms with Crippen LogP contribution in [0.5, 0.6) is 0 Å². The van der Waals surface area contributed by atoms with E-state index in [1.54, 1.807) is 0 Å². The molecular weight excluding hydrogens is 176 g/mol. The second-order valence-electron chi connectivity index (χ2n) is 4.14. The van der Waals surface area contributed by atoms with Crippen LogP contribution in [0.15, 0.2) is 24.5 Å². The molecule has 0 spiro atoms. The van der Waals surface area contributed by atoms with Crippen molar-refractivity contribution in [2.75, 3.05) is 12.0 Å². The molecule has 1 saturated carbocycles. The van der Waals surface area contributed by atoms with E-state index in [1.807, 2.05) is 29.2 Å². The van der Waals surface area contributed by atoms with E-state index >= 15 is 0 Å². The highest BCUT2D eigenvalue weighted by molar-refractivity contribution is 4.93. The first-order valence-electron chi connectivity index (χ1n) is 5.39. The Bertz CT molecular complexity index is 258. The standard InChI is InChI=1S/C11H18N2O/c14-11-5-3-4-10(8-11)9-12-13-6-1-2-7-13/h1-2,6-7,10-12,14H,3-5,8-9H2. The highest BCUT2D eigenvalue weighted by atomic mass is 16.3. The van der Waals surface area contributed by atoms with Crippen molar-refractivity contribution in [3.63, 3.8) is 0 Å². The minimum atomic E-state index is -0.0692. The zero-order chi connectivity index (χ0) is 9.80. The SMILES string of the molecule is OC1CCCC(CNn2cccc2)C1. The fourth-order valence-electron chi connectivity index (χ4n) is 2.12. The summed E-state index contributed by atoms with van der Waals surface area (Å²) in [5.41, 5.74) is 3.32. The molecule has 1 aromatic heterocycles. The van der Waals surface area contributed by atoms with Gasteiger partial charge in [-0.1, -0.05) is 6.42 Å². The molecule has 0 saturated heterocycles. The van der Waals surface area contributed by atoms with Gasteiger partial charge in [0.15, 0.2) is 0 Å². The van der Waals surface area contributed by atoms with Crippen molar-refractivity contribution in [3.05, 3.63) is 24.5 Å². The quantitative estimate of drug-likeness (QED) is 0.766. The Kier molecular flexibility index (Phi) is 3.09.